The average Bonchev–Trinajstić information content (AvgIpc) is 2.84. The number of halogens is 2. The molecule has 1 atom stereocenters. The van der Waals surface area contributed by atoms with Gasteiger partial charge in [0, 0.05) is 35.0 Å². The van der Waals surface area contributed by atoms with Gasteiger partial charge in [0.2, 0.25) is 11.8 Å². The first-order valence-electron chi connectivity index (χ1n) is 11.9. The van der Waals surface area contributed by atoms with E-state index in [0.717, 1.165) is 16.7 Å². The summed E-state index contributed by atoms with van der Waals surface area (Å²) in [6.07, 6.45) is 0.710. The molecule has 2 amide bonds. The number of nitrogens with one attached hydrogen (secondary N) is 1. The molecule has 184 valence electrons. The van der Waals surface area contributed by atoms with E-state index in [2.05, 4.69) is 5.32 Å². The van der Waals surface area contributed by atoms with Crippen LogP contribution in [0.3, 0.4) is 0 Å². The number of carbonyl (C=O) groups is 2. The van der Waals surface area contributed by atoms with Gasteiger partial charge < -0.3 is 10.2 Å². The number of carbonyl (C=O) groups excluding carboxylic acids is 2. The molecule has 0 saturated carbocycles. The summed E-state index contributed by atoms with van der Waals surface area (Å²) >= 11 is 12.6. The second-order valence-electron chi connectivity index (χ2n) is 8.92. The normalized spacial score (nSPS) is 12.0. The summed E-state index contributed by atoms with van der Waals surface area (Å²) in [7, 11) is 0. The molecule has 6 heteroatoms. The minimum atomic E-state index is -0.621. The highest BCUT2D eigenvalue weighted by Gasteiger charge is 2.31. The molecule has 3 aromatic carbocycles. The lowest BCUT2D eigenvalue weighted by Gasteiger charge is -2.33. The van der Waals surface area contributed by atoms with Crippen molar-refractivity contribution in [3.63, 3.8) is 0 Å². The average molecular weight is 511 g/mol. The van der Waals surface area contributed by atoms with Gasteiger partial charge in [-0.05, 0) is 49.1 Å². The molecule has 35 heavy (non-hydrogen) atoms. The van der Waals surface area contributed by atoms with E-state index in [0.29, 0.717) is 16.5 Å². The summed E-state index contributed by atoms with van der Waals surface area (Å²) in [5.74, 6) is -0.421. The van der Waals surface area contributed by atoms with Crippen molar-refractivity contribution in [2.45, 2.75) is 58.2 Å². The monoisotopic (exact) mass is 510 g/mol. The molecule has 0 heterocycles. The van der Waals surface area contributed by atoms with Crippen LogP contribution in [-0.2, 0) is 16.1 Å². The van der Waals surface area contributed by atoms with Crippen LogP contribution < -0.4 is 5.32 Å². The van der Waals surface area contributed by atoms with Crippen molar-refractivity contribution in [1.82, 2.24) is 10.2 Å². The second kappa shape index (κ2) is 12.8. The van der Waals surface area contributed by atoms with Crippen LogP contribution in [-0.4, -0.2) is 28.8 Å². The molecule has 0 aliphatic heterocycles. The van der Waals surface area contributed by atoms with Crippen molar-refractivity contribution in [2.24, 2.45) is 0 Å². The lowest BCUT2D eigenvalue weighted by atomic mass is 9.88. The smallest absolute Gasteiger partial charge is 0.243 e. The lowest BCUT2D eigenvalue weighted by Crippen LogP contribution is -2.50. The van der Waals surface area contributed by atoms with Crippen molar-refractivity contribution < 1.29 is 9.59 Å². The first-order chi connectivity index (χ1) is 16.8. The predicted molar refractivity (Wildman–Crippen MR) is 144 cm³/mol. The molecule has 0 bridgehead atoms. The summed E-state index contributed by atoms with van der Waals surface area (Å²) in [4.78, 5) is 28.7. The zero-order valence-corrected chi connectivity index (χ0v) is 21.9. The fraction of sp³-hybridized carbons (Fsp3) is 0.310. The Balaban J connectivity index is 1.98. The number of nitrogens with zero attached hydrogens (tertiary/aromatic N) is 1. The Morgan fingerprint density at radius 2 is 1.46 bits per heavy atom. The third kappa shape index (κ3) is 7.33. The van der Waals surface area contributed by atoms with E-state index in [-0.39, 0.29) is 36.7 Å². The Bertz CT molecular complexity index is 1080. The van der Waals surface area contributed by atoms with Gasteiger partial charge >= 0.3 is 0 Å². The molecule has 0 fully saturated rings. The third-order valence-electron chi connectivity index (χ3n) is 5.96. The van der Waals surface area contributed by atoms with E-state index >= 15 is 0 Å². The number of amides is 2. The maximum absolute atomic E-state index is 14.0. The zero-order chi connectivity index (χ0) is 25.4. The minimum Gasteiger partial charge on any atom is -0.352 e. The number of benzene rings is 3. The van der Waals surface area contributed by atoms with Gasteiger partial charge in [0.05, 0.1) is 0 Å². The first-order valence-corrected chi connectivity index (χ1v) is 12.7. The Hall–Kier alpha value is -2.82. The van der Waals surface area contributed by atoms with Crippen LogP contribution in [0.5, 0.6) is 0 Å². The Morgan fingerprint density at radius 1 is 0.886 bits per heavy atom. The van der Waals surface area contributed by atoms with Crippen molar-refractivity contribution in [3.8, 4) is 0 Å². The third-order valence-corrected chi connectivity index (χ3v) is 6.54. The fourth-order valence-electron chi connectivity index (χ4n) is 4.22. The molecule has 0 aromatic heterocycles. The number of rotatable bonds is 10. The maximum Gasteiger partial charge on any atom is 0.243 e. The highest BCUT2D eigenvalue weighted by Crippen LogP contribution is 2.30. The predicted octanol–water partition coefficient (Wildman–Crippen LogP) is 6.85. The van der Waals surface area contributed by atoms with Gasteiger partial charge in [-0.2, -0.15) is 0 Å². The van der Waals surface area contributed by atoms with Crippen molar-refractivity contribution in [3.05, 3.63) is 106 Å². The highest BCUT2D eigenvalue weighted by atomic mass is 35.5. The van der Waals surface area contributed by atoms with Gasteiger partial charge in [-0.15, -0.1) is 0 Å². The van der Waals surface area contributed by atoms with E-state index < -0.39 is 6.04 Å². The summed E-state index contributed by atoms with van der Waals surface area (Å²) in [6, 6.07) is 24.5. The lowest BCUT2D eigenvalue weighted by molar-refractivity contribution is -0.141. The van der Waals surface area contributed by atoms with Gasteiger partial charge in [-0.3, -0.25) is 9.59 Å². The van der Waals surface area contributed by atoms with Crippen LogP contribution in [0.1, 0.15) is 56.2 Å². The molecular formula is C29H32Cl2N2O2. The van der Waals surface area contributed by atoms with E-state index in [1.807, 2.05) is 87.5 Å². The Kier molecular flexibility index (Phi) is 9.76. The van der Waals surface area contributed by atoms with Gasteiger partial charge in [-0.25, -0.2) is 0 Å². The molecule has 0 radical (unpaired) electrons. The van der Waals surface area contributed by atoms with Gasteiger partial charge in [0.1, 0.15) is 6.04 Å². The molecule has 1 N–H and O–H groups in total. The second-order valence-corrected chi connectivity index (χ2v) is 9.77. The maximum atomic E-state index is 14.0. The molecule has 0 aliphatic rings. The van der Waals surface area contributed by atoms with E-state index in [4.69, 9.17) is 23.2 Å². The molecule has 0 saturated heterocycles. The largest absolute Gasteiger partial charge is 0.352 e. The minimum absolute atomic E-state index is 0.0333. The van der Waals surface area contributed by atoms with Crippen LogP contribution in [0.2, 0.25) is 10.0 Å². The molecular weight excluding hydrogens is 479 g/mol. The molecule has 3 rings (SSSR count). The van der Waals surface area contributed by atoms with Crippen molar-refractivity contribution in [1.29, 1.82) is 0 Å². The SMILES string of the molecule is CC[C@H](C(=O)NC(C)C)N(Cc1ccc(Cl)cc1Cl)C(=O)CC(c1ccccc1)c1ccccc1. The number of hydrogen-bond acceptors (Lipinski definition) is 2. The molecule has 3 aromatic rings. The quantitative estimate of drug-likeness (QED) is 0.324. The Labute approximate surface area is 218 Å². The van der Waals surface area contributed by atoms with Crippen molar-refractivity contribution >= 4 is 35.0 Å². The summed E-state index contributed by atoms with van der Waals surface area (Å²) in [5.41, 5.74) is 2.85. The summed E-state index contributed by atoms with van der Waals surface area (Å²) < 4.78 is 0. The fourth-order valence-corrected chi connectivity index (χ4v) is 4.69. The van der Waals surface area contributed by atoms with E-state index in [1.165, 1.54) is 0 Å². The highest BCUT2D eigenvalue weighted by molar-refractivity contribution is 6.35. The van der Waals surface area contributed by atoms with Gasteiger partial charge in [-0.1, -0.05) is 96.9 Å². The summed E-state index contributed by atoms with van der Waals surface area (Å²) in [5, 5.41) is 3.96. The standard InChI is InChI=1S/C29H32Cl2N2O2/c1-4-27(29(35)32-20(2)3)33(19-23-15-16-24(30)17-26(23)31)28(34)18-25(21-11-7-5-8-12-21)22-13-9-6-10-14-22/h5-17,20,25,27H,4,18-19H2,1-3H3,(H,32,35)/t27-/m1/s1. The van der Waals surface area contributed by atoms with Crippen LogP contribution in [0.15, 0.2) is 78.9 Å². The first kappa shape index (κ1) is 26.8. The van der Waals surface area contributed by atoms with Crippen LogP contribution in [0, 0.1) is 0 Å². The van der Waals surface area contributed by atoms with Gasteiger partial charge in [0.25, 0.3) is 0 Å². The van der Waals surface area contributed by atoms with Crippen LogP contribution >= 0.6 is 23.2 Å². The topological polar surface area (TPSA) is 49.4 Å². The van der Waals surface area contributed by atoms with Crippen LogP contribution in [0.25, 0.3) is 0 Å². The zero-order valence-electron chi connectivity index (χ0n) is 20.4. The van der Waals surface area contributed by atoms with E-state index in [1.54, 1.807) is 17.0 Å². The number of hydrogen-bond donors (Lipinski definition) is 1. The van der Waals surface area contributed by atoms with Gasteiger partial charge in [0.15, 0.2) is 0 Å². The molecule has 4 nitrogen and oxygen atoms in total. The Morgan fingerprint density at radius 3 is 1.94 bits per heavy atom. The molecule has 0 aliphatic carbocycles. The van der Waals surface area contributed by atoms with Crippen molar-refractivity contribution in [2.75, 3.05) is 0 Å². The molecule has 0 unspecified atom stereocenters. The van der Waals surface area contributed by atoms with E-state index in [9.17, 15) is 9.59 Å². The summed E-state index contributed by atoms with van der Waals surface area (Å²) in [6.45, 7) is 5.96. The molecule has 0 spiro atoms. The van der Waals surface area contributed by atoms with Crippen LogP contribution in [0.4, 0.5) is 0 Å².